The van der Waals surface area contributed by atoms with E-state index in [0.717, 1.165) is 18.3 Å². The van der Waals surface area contributed by atoms with Crippen molar-refractivity contribution in [3.05, 3.63) is 17.3 Å². The molecule has 0 spiro atoms. The van der Waals surface area contributed by atoms with Crippen molar-refractivity contribution in [3.63, 3.8) is 0 Å². The standard InChI is InChI=1S/C11H16ClN3S/c12-10-5-9(13)7-15-11(10)14-6-8-1-3-16-4-2-8/h5,7-8H,1-4,6,13H2,(H,14,15). The van der Waals surface area contributed by atoms with Crippen LogP contribution in [0.25, 0.3) is 0 Å². The van der Waals surface area contributed by atoms with Crippen LogP contribution in [0.2, 0.25) is 5.02 Å². The van der Waals surface area contributed by atoms with Gasteiger partial charge in [0.2, 0.25) is 0 Å². The number of nitrogens with zero attached hydrogens (tertiary/aromatic N) is 1. The Labute approximate surface area is 105 Å². The van der Waals surface area contributed by atoms with Crippen LogP contribution in [0.5, 0.6) is 0 Å². The first-order chi connectivity index (χ1) is 7.75. The molecule has 1 saturated heterocycles. The third-order valence-electron chi connectivity index (χ3n) is 2.76. The van der Waals surface area contributed by atoms with Crippen molar-refractivity contribution in [2.45, 2.75) is 12.8 Å². The van der Waals surface area contributed by atoms with E-state index in [4.69, 9.17) is 17.3 Å². The summed E-state index contributed by atoms with van der Waals surface area (Å²) < 4.78 is 0. The van der Waals surface area contributed by atoms with Crippen molar-refractivity contribution >= 4 is 34.9 Å². The molecule has 0 saturated carbocycles. The van der Waals surface area contributed by atoms with Crippen molar-refractivity contribution in [2.24, 2.45) is 5.92 Å². The van der Waals surface area contributed by atoms with Crippen molar-refractivity contribution in [1.29, 1.82) is 0 Å². The van der Waals surface area contributed by atoms with Gasteiger partial charge in [0.1, 0.15) is 5.82 Å². The fraction of sp³-hybridized carbons (Fsp3) is 0.545. The van der Waals surface area contributed by atoms with Gasteiger partial charge in [-0.3, -0.25) is 0 Å². The first-order valence-electron chi connectivity index (χ1n) is 5.48. The zero-order chi connectivity index (χ0) is 11.4. The van der Waals surface area contributed by atoms with Gasteiger partial charge in [-0.1, -0.05) is 11.6 Å². The fourth-order valence-corrected chi connectivity index (χ4v) is 3.22. The van der Waals surface area contributed by atoms with Gasteiger partial charge >= 0.3 is 0 Å². The molecule has 1 aromatic heterocycles. The highest BCUT2D eigenvalue weighted by Crippen LogP contribution is 2.25. The SMILES string of the molecule is Nc1cnc(NCC2CCSCC2)c(Cl)c1. The number of halogens is 1. The minimum atomic E-state index is 0.601. The van der Waals surface area contributed by atoms with Gasteiger partial charge in [0.15, 0.2) is 0 Å². The van der Waals surface area contributed by atoms with Gasteiger partial charge in [0, 0.05) is 6.54 Å². The lowest BCUT2D eigenvalue weighted by Gasteiger charge is -2.21. The minimum Gasteiger partial charge on any atom is -0.397 e. The number of hydrogen-bond donors (Lipinski definition) is 2. The van der Waals surface area contributed by atoms with Crippen LogP contribution in [0.15, 0.2) is 12.3 Å². The summed E-state index contributed by atoms with van der Waals surface area (Å²) in [4.78, 5) is 4.19. The molecule has 1 aliphatic heterocycles. The molecular formula is C11H16ClN3S. The molecule has 0 radical (unpaired) electrons. The number of thioether (sulfide) groups is 1. The van der Waals surface area contributed by atoms with Crippen molar-refractivity contribution in [2.75, 3.05) is 29.1 Å². The number of anilines is 2. The van der Waals surface area contributed by atoms with Crippen molar-refractivity contribution in [1.82, 2.24) is 4.98 Å². The summed E-state index contributed by atoms with van der Waals surface area (Å²) >= 11 is 8.08. The Morgan fingerprint density at radius 1 is 1.50 bits per heavy atom. The Hall–Kier alpha value is -0.610. The Bertz CT molecular complexity index is 353. The summed E-state index contributed by atoms with van der Waals surface area (Å²) in [5.74, 6) is 4.04. The van der Waals surface area contributed by atoms with E-state index in [-0.39, 0.29) is 0 Å². The van der Waals surface area contributed by atoms with Crippen molar-refractivity contribution in [3.8, 4) is 0 Å². The number of nitrogens with one attached hydrogen (secondary N) is 1. The van der Waals surface area contributed by atoms with Gasteiger partial charge in [0.25, 0.3) is 0 Å². The molecule has 0 atom stereocenters. The van der Waals surface area contributed by atoms with Crippen LogP contribution in [-0.2, 0) is 0 Å². The highest BCUT2D eigenvalue weighted by Gasteiger charge is 2.14. The zero-order valence-corrected chi connectivity index (χ0v) is 10.7. The summed E-state index contributed by atoms with van der Waals surface area (Å²) in [5, 5.41) is 3.90. The molecule has 0 unspecified atom stereocenters. The second-order valence-electron chi connectivity index (χ2n) is 4.04. The molecule has 1 fully saturated rings. The van der Waals surface area contributed by atoms with Gasteiger partial charge in [0.05, 0.1) is 16.9 Å². The van der Waals surface area contributed by atoms with E-state index in [9.17, 15) is 0 Å². The first-order valence-corrected chi connectivity index (χ1v) is 7.01. The van der Waals surface area contributed by atoms with Gasteiger partial charge in [-0.05, 0) is 36.3 Å². The lowest BCUT2D eigenvalue weighted by Crippen LogP contribution is -2.19. The molecule has 1 aliphatic rings. The predicted molar refractivity (Wildman–Crippen MR) is 72.2 cm³/mol. The molecule has 3 nitrogen and oxygen atoms in total. The third kappa shape index (κ3) is 3.19. The van der Waals surface area contributed by atoms with Crippen LogP contribution >= 0.6 is 23.4 Å². The smallest absolute Gasteiger partial charge is 0.144 e. The Balaban J connectivity index is 1.88. The van der Waals surface area contributed by atoms with E-state index in [1.165, 1.54) is 24.3 Å². The van der Waals surface area contributed by atoms with Crippen LogP contribution in [0.1, 0.15) is 12.8 Å². The number of hydrogen-bond acceptors (Lipinski definition) is 4. The average molecular weight is 258 g/mol. The normalized spacial score (nSPS) is 17.3. The molecule has 5 heteroatoms. The highest BCUT2D eigenvalue weighted by molar-refractivity contribution is 7.99. The van der Waals surface area contributed by atoms with Crippen LogP contribution in [0.3, 0.4) is 0 Å². The highest BCUT2D eigenvalue weighted by atomic mass is 35.5. The van der Waals surface area contributed by atoms with E-state index in [2.05, 4.69) is 10.3 Å². The first kappa shape index (κ1) is 11.9. The van der Waals surface area contributed by atoms with E-state index in [0.29, 0.717) is 10.7 Å². The number of pyridine rings is 1. The lowest BCUT2D eigenvalue weighted by molar-refractivity contribution is 0.515. The Morgan fingerprint density at radius 2 is 2.25 bits per heavy atom. The summed E-state index contributed by atoms with van der Waals surface area (Å²) in [6.45, 7) is 0.956. The van der Waals surface area contributed by atoms with E-state index in [1.807, 2.05) is 11.8 Å². The molecule has 2 rings (SSSR count). The number of nitrogens with two attached hydrogens (primary N) is 1. The molecular weight excluding hydrogens is 242 g/mol. The number of nitrogen functional groups attached to an aromatic ring is 1. The molecule has 0 aliphatic carbocycles. The minimum absolute atomic E-state index is 0.601. The largest absolute Gasteiger partial charge is 0.397 e. The van der Waals surface area contributed by atoms with Crippen LogP contribution in [0, 0.1) is 5.92 Å². The second kappa shape index (κ2) is 5.64. The molecule has 2 heterocycles. The predicted octanol–water partition coefficient (Wildman–Crippen LogP) is 2.87. The third-order valence-corrected chi connectivity index (χ3v) is 4.10. The quantitative estimate of drug-likeness (QED) is 0.874. The maximum atomic E-state index is 6.04. The summed E-state index contributed by atoms with van der Waals surface area (Å²) in [6.07, 6.45) is 4.19. The monoisotopic (exact) mass is 257 g/mol. The number of aromatic nitrogens is 1. The van der Waals surface area contributed by atoms with Crippen molar-refractivity contribution < 1.29 is 0 Å². The molecule has 0 bridgehead atoms. The Morgan fingerprint density at radius 3 is 2.94 bits per heavy atom. The van der Waals surface area contributed by atoms with Gasteiger partial charge in [-0.25, -0.2) is 4.98 Å². The summed E-state index contributed by atoms with van der Waals surface area (Å²) in [5.41, 5.74) is 6.19. The topological polar surface area (TPSA) is 50.9 Å². The molecule has 0 amide bonds. The average Bonchev–Trinajstić information content (AvgIpc) is 2.29. The maximum absolute atomic E-state index is 6.04. The fourth-order valence-electron chi connectivity index (χ4n) is 1.77. The van der Waals surface area contributed by atoms with Gasteiger partial charge in [-0.2, -0.15) is 11.8 Å². The lowest BCUT2D eigenvalue weighted by atomic mass is 10.0. The van der Waals surface area contributed by atoms with E-state index in [1.54, 1.807) is 12.3 Å². The summed E-state index contributed by atoms with van der Waals surface area (Å²) in [6, 6.07) is 1.73. The second-order valence-corrected chi connectivity index (χ2v) is 5.67. The van der Waals surface area contributed by atoms with Crippen LogP contribution < -0.4 is 11.1 Å². The molecule has 16 heavy (non-hydrogen) atoms. The van der Waals surface area contributed by atoms with E-state index < -0.39 is 0 Å². The van der Waals surface area contributed by atoms with Gasteiger partial charge in [-0.15, -0.1) is 0 Å². The molecule has 0 aromatic carbocycles. The maximum Gasteiger partial charge on any atom is 0.144 e. The zero-order valence-electron chi connectivity index (χ0n) is 9.08. The molecule has 3 N–H and O–H groups in total. The molecule has 88 valence electrons. The summed E-state index contributed by atoms with van der Waals surface area (Å²) in [7, 11) is 0. The van der Waals surface area contributed by atoms with E-state index >= 15 is 0 Å². The number of rotatable bonds is 3. The van der Waals surface area contributed by atoms with Gasteiger partial charge < -0.3 is 11.1 Å². The Kier molecular flexibility index (Phi) is 4.18. The van der Waals surface area contributed by atoms with Crippen LogP contribution in [-0.4, -0.2) is 23.0 Å². The van der Waals surface area contributed by atoms with Crippen LogP contribution in [0.4, 0.5) is 11.5 Å². The molecule has 1 aromatic rings.